The highest BCUT2D eigenvalue weighted by Gasteiger charge is 2.23. The monoisotopic (exact) mass is 405 g/mol. The highest BCUT2D eigenvalue weighted by molar-refractivity contribution is 7.99. The molecule has 2 heterocycles. The number of allylic oxidation sites excluding steroid dienone is 1. The van der Waals surface area contributed by atoms with Crippen molar-refractivity contribution in [2.24, 2.45) is 0 Å². The molecule has 146 valence electrons. The summed E-state index contributed by atoms with van der Waals surface area (Å²) in [4.78, 5) is 32.3. The van der Waals surface area contributed by atoms with Gasteiger partial charge in [-0.3, -0.25) is 14.2 Å². The average molecular weight is 406 g/mol. The fraction of sp³-hybridized carbons (Fsp3) is 0.550. The molecular weight excluding hydrogens is 378 g/mol. The Kier molecular flexibility index (Phi) is 6.11. The number of aryl methyl sites for hydroxylation is 2. The molecule has 1 aliphatic carbocycles. The Morgan fingerprint density at radius 3 is 2.85 bits per heavy atom. The molecule has 3 rings (SSSR count). The molecule has 2 aromatic heterocycles. The number of thiophene rings is 1. The Morgan fingerprint density at radius 1 is 1.41 bits per heavy atom. The molecule has 1 aliphatic rings. The van der Waals surface area contributed by atoms with E-state index in [0.29, 0.717) is 11.7 Å². The zero-order chi connectivity index (χ0) is 19.6. The summed E-state index contributed by atoms with van der Waals surface area (Å²) in [6.07, 6.45) is 6.86. The van der Waals surface area contributed by atoms with Crippen molar-refractivity contribution < 1.29 is 4.79 Å². The summed E-state index contributed by atoms with van der Waals surface area (Å²) in [6.45, 7) is 10.2. The summed E-state index contributed by atoms with van der Waals surface area (Å²) in [6, 6.07) is 0. The van der Waals surface area contributed by atoms with Gasteiger partial charge in [0.25, 0.3) is 5.56 Å². The Bertz CT molecular complexity index is 927. The SMILES string of the molecule is C=CCn1c(SCC(=O)NC(C)(C)CC)nc2sc3c(c2c1=O)CCCC3. The first-order valence-electron chi connectivity index (χ1n) is 9.46. The number of carbonyl (C=O) groups excluding carboxylic acids is 1. The lowest BCUT2D eigenvalue weighted by Gasteiger charge is -2.24. The molecule has 0 saturated carbocycles. The van der Waals surface area contributed by atoms with E-state index in [1.165, 1.54) is 28.6 Å². The molecular formula is C20H27N3O2S2. The van der Waals surface area contributed by atoms with Gasteiger partial charge in [0, 0.05) is 17.0 Å². The maximum atomic E-state index is 13.2. The van der Waals surface area contributed by atoms with Crippen molar-refractivity contribution in [2.75, 3.05) is 5.75 Å². The van der Waals surface area contributed by atoms with Crippen LogP contribution in [0.4, 0.5) is 0 Å². The lowest BCUT2D eigenvalue weighted by Crippen LogP contribution is -2.43. The minimum atomic E-state index is -0.234. The largest absolute Gasteiger partial charge is 0.351 e. The zero-order valence-electron chi connectivity index (χ0n) is 16.3. The van der Waals surface area contributed by atoms with Gasteiger partial charge in [0.15, 0.2) is 5.16 Å². The fourth-order valence-electron chi connectivity index (χ4n) is 3.25. The number of carbonyl (C=O) groups is 1. The van der Waals surface area contributed by atoms with Crippen molar-refractivity contribution >= 4 is 39.2 Å². The number of hydrogen-bond acceptors (Lipinski definition) is 5. The van der Waals surface area contributed by atoms with Crippen LogP contribution in [0.25, 0.3) is 10.2 Å². The number of nitrogens with zero attached hydrogens (tertiary/aromatic N) is 2. The number of hydrogen-bond donors (Lipinski definition) is 1. The van der Waals surface area contributed by atoms with E-state index >= 15 is 0 Å². The van der Waals surface area contributed by atoms with Crippen LogP contribution in [-0.2, 0) is 24.2 Å². The smallest absolute Gasteiger partial charge is 0.263 e. The Hall–Kier alpha value is -1.60. The van der Waals surface area contributed by atoms with Crippen LogP contribution in [0.15, 0.2) is 22.6 Å². The van der Waals surface area contributed by atoms with Crippen LogP contribution < -0.4 is 10.9 Å². The molecule has 27 heavy (non-hydrogen) atoms. The van der Waals surface area contributed by atoms with Crippen molar-refractivity contribution in [1.29, 1.82) is 0 Å². The predicted molar refractivity (Wildman–Crippen MR) is 114 cm³/mol. The van der Waals surface area contributed by atoms with Crippen LogP contribution in [0.2, 0.25) is 0 Å². The van der Waals surface area contributed by atoms with Crippen molar-refractivity contribution in [1.82, 2.24) is 14.9 Å². The molecule has 0 aliphatic heterocycles. The van der Waals surface area contributed by atoms with E-state index in [9.17, 15) is 9.59 Å². The zero-order valence-corrected chi connectivity index (χ0v) is 17.9. The van der Waals surface area contributed by atoms with E-state index in [4.69, 9.17) is 4.98 Å². The van der Waals surface area contributed by atoms with Gasteiger partial charge in [-0.15, -0.1) is 17.9 Å². The Morgan fingerprint density at radius 2 is 2.15 bits per heavy atom. The van der Waals surface area contributed by atoms with Crippen molar-refractivity contribution in [2.45, 2.75) is 70.1 Å². The highest BCUT2D eigenvalue weighted by atomic mass is 32.2. The second-order valence-corrected chi connectivity index (χ2v) is 9.59. The van der Waals surface area contributed by atoms with E-state index in [2.05, 4.69) is 11.9 Å². The lowest BCUT2D eigenvalue weighted by atomic mass is 9.97. The normalized spacial score (nSPS) is 14.2. The molecule has 1 amide bonds. The van der Waals surface area contributed by atoms with Crippen molar-refractivity contribution in [3.8, 4) is 0 Å². The molecule has 0 bridgehead atoms. The predicted octanol–water partition coefficient (Wildman–Crippen LogP) is 3.92. The number of amides is 1. The topological polar surface area (TPSA) is 64.0 Å². The molecule has 7 heteroatoms. The molecule has 0 radical (unpaired) electrons. The van der Waals surface area contributed by atoms with Gasteiger partial charge in [-0.1, -0.05) is 24.8 Å². The van der Waals surface area contributed by atoms with Gasteiger partial charge in [0.05, 0.1) is 11.1 Å². The summed E-state index contributed by atoms with van der Waals surface area (Å²) in [5, 5.41) is 4.40. The quantitative estimate of drug-likeness (QED) is 0.431. The minimum absolute atomic E-state index is 0.00361. The number of fused-ring (bicyclic) bond motifs is 3. The van der Waals surface area contributed by atoms with E-state index in [0.717, 1.165) is 35.9 Å². The first-order chi connectivity index (χ1) is 12.9. The summed E-state index contributed by atoms with van der Waals surface area (Å²) in [7, 11) is 0. The lowest BCUT2D eigenvalue weighted by molar-refractivity contribution is -0.120. The summed E-state index contributed by atoms with van der Waals surface area (Å²) >= 11 is 2.96. The van der Waals surface area contributed by atoms with Gasteiger partial charge in [0.1, 0.15) is 4.83 Å². The van der Waals surface area contributed by atoms with Gasteiger partial charge < -0.3 is 5.32 Å². The highest BCUT2D eigenvalue weighted by Crippen LogP contribution is 2.34. The van der Waals surface area contributed by atoms with E-state index < -0.39 is 0 Å². The number of nitrogens with one attached hydrogen (secondary N) is 1. The molecule has 0 spiro atoms. The van der Waals surface area contributed by atoms with Gasteiger partial charge in [-0.2, -0.15) is 0 Å². The number of aromatic nitrogens is 2. The van der Waals surface area contributed by atoms with E-state index in [1.807, 2.05) is 20.8 Å². The molecule has 0 unspecified atom stereocenters. The van der Waals surface area contributed by atoms with Gasteiger partial charge in [-0.25, -0.2) is 4.98 Å². The first-order valence-corrected chi connectivity index (χ1v) is 11.3. The van der Waals surface area contributed by atoms with Gasteiger partial charge in [-0.05, 0) is 51.5 Å². The second-order valence-electron chi connectivity index (χ2n) is 7.56. The van der Waals surface area contributed by atoms with Crippen molar-refractivity contribution in [3.05, 3.63) is 33.4 Å². The van der Waals surface area contributed by atoms with E-state index in [-0.39, 0.29) is 22.8 Å². The third-order valence-electron chi connectivity index (χ3n) is 5.05. The van der Waals surface area contributed by atoms with Crippen LogP contribution in [0.3, 0.4) is 0 Å². The molecule has 0 saturated heterocycles. The molecule has 2 aromatic rings. The number of thioether (sulfide) groups is 1. The second kappa shape index (κ2) is 8.19. The third kappa shape index (κ3) is 4.29. The summed E-state index contributed by atoms with van der Waals surface area (Å²) < 4.78 is 1.65. The molecule has 1 N–H and O–H groups in total. The minimum Gasteiger partial charge on any atom is -0.351 e. The average Bonchev–Trinajstić information content (AvgIpc) is 3.01. The summed E-state index contributed by atoms with van der Waals surface area (Å²) in [5.74, 6) is 0.195. The molecule has 5 nitrogen and oxygen atoms in total. The Balaban J connectivity index is 1.92. The standard InChI is InChI=1S/C20H27N3O2S2/c1-5-11-23-18(25)16-13-9-7-8-10-14(13)27-17(16)21-19(23)26-12-15(24)22-20(3,4)6-2/h5H,1,6-12H2,2-4H3,(H,22,24). The van der Waals surface area contributed by atoms with Crippen LogP contribution in [0, 0.1) is 0 Å². The third-order valence-corrected chi connectivity index (χ3v) is 7.21. The van der Waals surface area contributed by atoms with Crippen LogP contribution in [0.5, 0.6) is 0 Å². The summed E-state index contributed by atoms with van der Waals surface area (Å²) in [5.41, 5.74) is 0.953. The van der Waals surface area contributed by atoms with Crippen LogP contribution >= 0.6 is 23.1 Å². The van der Waals surface area contributed by atoms with Crippen LogP contribution in [0.1, 0.15) is 50.5 Å². The van der Waals surface area contributed by atoms with Gasteiger partial charge >= 0.3 is 0 Å². The maximum absolute atomic E-state index is 13.2. The van der Waals surface area contributed by atoms with E-state index in [1.54, 1.807) is 22.0 Å². The maximum Gasteiger partial charge on any atom is 0.263 e. The van der Waals surface area contributed by atoms with Crippen LogP contribution in [-0.4, -0.2) is 26.8 Å². The Labute approximate surface area is 168 Å². The van der Waals surface area contributed by atoms with Crippen molar-refractivity contribution in [3.63, 3.8) is 0 Å². The molecule has 0 atom stereocenters. The number of rotatable bonds is 7. The fourth-order valence-corrected chi connectivity index (χ4v) is 5.36. The van der Waals surface area contributed by atoms with Gasteiger partial charge in [0.2, 0.25) is 5.91 Å². The first kappa shape index (κ1) is 20.1. The molecule has 0 fully saturated rings. The molecule has 0 aromatic carbocycles.